The molecule has 0 atom stereocenters. The summed E-state index contributed by atoms with van der Waals surface area (Å²) in [5.41, 5.74) is 5.61. The van der Waals surface area contributed by atoms with Crippen LogP contribution in [0.15, 0.2) is 22.7 Å². The van der Waals surface area contributed by atoms with Gasteiger partial charge in [0.25, 0.3) is 0 Å². The van der Waals surface area contributed by atoms with E-state index in [-0.39, 0.29) is 11.4 Å². The van der Waals surface area contributed by atoms with E-state index in [2.05, 4.69) is 21.2 Å². The highest BCUT2D eigenvalue weighted by Gasteiger charge is 2.33. The quantitative estimate of drug-likeness (QED) is 0.802. The lowest BCUT2D eigenvalue weighted by atomic mass is 9.98. The number of benzene rings is 1. The van der Waals surface area contributed by atoms with Crippen molar-refractivity contribution >= 4 is 33.4 Å². The molecule has 1 aliphatic carbocycles. The molecule has 116 valence electrons. The zero-order valence-corrected chi connectivity index (χ0v) is 14.2. The summed E-state index contributed by atoms with van der Waals surface area (Å²) >= 11 is 9.24. The van der Waals surface area contributed by atoms with Crippen LogP contribution in [0.1, 0.15) is 32.1 Å². The van der Waals surface area contributed by atoms with E-state index in [0.29, 0.717) is 30.3 Å². The maximum atomic E-state index is 12.0. The Morgan fingerprint density at radius 2 is 2.14 bits per heavy atom. The predicted molar refractivity (Wildman–Crippen MR) is 87.7 cm³/mol. The van der Waals surface area contributed by atoms with Gasteiger partial charge in [-0.1, -0.05) is 24.4 Å². The average Bonchev–Trinajstić information content (AvgIpc) is 2.90. The summed E-state index contributed by atoms with van der Waals surface area (Å²) in [4.78, 5) is 12.0. The van der Waals surface area contributed by atoms with E-state index in [9.17, 15) is 4.79 Å². The molecule has 0 aliphatic heterocycles. The molecule has 6 heteroatoms. The highest BCUT2D eigenvalue weighted by Crippen LogP contribution is 2.29. The van der Waals surface area contributed by atoms with Crippen molar-refractivity contribution in [3.05, 3.63) is 27.7 Å². The van der Waals surface area contributed by atoms with E-state index in [0.717, 1.165) is 30.2 Å². The Kier molecular flexibility index (Phi) is 5.90. The molecular formula is C15H20BrClN2O2. The lowest BCUT2D eigenvalue weighted by Crippen LogP contribution is -2.51. The summed E-state index contributed by atoms with van der Waals surface area (Å²) in [5, 5.41) is 3.71. The Morgan fingerprint density at radius 1 is 1.43 bits per heavy atom. The fraction of sp³-hybridized carbons (Fsp3) is 0.533. The molecule has 0 bridgehead atoms. The second-order valence-corrected chi connectivity index (χ2v) is 6.70. The van der Waals surface area contributed by atoms with Crippen LogP contribution in [0.4, 0.5) is 0 Å². The summed E-state index contributed by atoms with van der Waals surface area (Å²) in [6, 6.07) is 5.30. The number of rotatable bonds is 6. The van der Waals surface area contributed by atoms with Gasteiger partial charge in [-0.2, -0.15) is 0 Å². The van der Waals surface area contributed by atoms with Crippen molar-refractivity contribution in [1.29, 1.82) is 0 Å². The largest absolute Gasteiger partial charge is 0.492 e. The van der Waals surface area contributed by atoms with Crippen LogP contribution >= 0.6 is 27.5 Å². The van der Waals surface area contributed by atoms with Gasteiger partial charge in [0.05, 0.1) is 23.0 Å². The first kappa shape index (κ1) is 16.6. The van der Waals surface area contributed by atoms with Gasteiger partial charge in [0.1, 0.15) is 5.75 Å². The number of ether oxygens (including phenoxy) is 1. The predicted octanol–water partition coefficient (Wildman–Crippen LogP) is 3.26. The summed E-state index contributed by atoms with van der Waals surface area (Å²) in [6.45, 7) is 0.828. The lowest BCUT2D eigenvalue weighted by Gasteiger charge is -2.28. The van der Waals surface area contributed by atoms with E-state index in [1.54, 1.807) is 18.2 Å². The summed E-state index contributed by atoms with van der Waals surface area (Å²) in [5.74, 6) is 0.675. The van der Waals surface area contributed by atoms with Crippen LogP contribution in [0.3, 0.4) is 0 Å². The normalized spacial score (nSPS) is 16.7. The molecule has 1 aliphatic rings. The van der Waals surface area contributed by atoms with Crippen molar-refractivity contribution in [3.8, 4) is 5.75 Å². The van der Waals surface area contributed by atoms with Gasteiger partial charge in [-0.25, -0.2) is 0 Å². The molecule has 1 fully saturated rings. The molecule has 1 saturated carbocycles. The van der Waals surface area contributed by atoms with Crippen LogP contribution in [-0.4, -0.2) is 24.6 Å². The van der Waals surface area contributed by atoms with Crippen molar-refractivity contribution in [2.45, 2.75) is 37.6 Å². The summed E-state index contributed by atoms with van der Waals surface area (Å²) in [7, 11) is 0. The minimum atomic E-state index is -0.196. The first-order valence-corrected chi connectivity index (χ1v) is 8.31. The summed E-state index contributed by atoms with van der Waals surface area (Å²) in [6.07, 6.45) is 4.52. The molecule has 1 aromatic carbocycles. The van der Waals surface area contributed by atoms with E-state index in [1.165, 1.54) is 0 Å². The Labute approximate surface area is 138 Å². The van der Waals surface area contributed by atoms with Gasteiger partial charge in [-0.05, 0) is 47.0 Å². The molecular weight excluding hydrogens is 356 g/mol. The second-order valence-electron chi connectivity index (χ2n) is 5.41. The molecule has 0 spiro atoms. The molecule has 21 heavy (non-hydrogen) atoms. The fourth-order valence-corrected chi connectivity index (χ4v) is 3.43. The molecule has 3 N–H and O–H groups in total. The van der Waals surface area contributed by atoms with Crippen molar-refractivity contribution in [3.63, 3.8) is 0 Å². The Balaban J connectivity index is 1.79. The number of carbonyl (C=O) groups excluding carboxylic acids is 1. The smallest absolute Gasteiger partial charge is 0.223 e. The second kappa shape index (κ2) is 7.47. The van der Waals surface area contributed by atoms with Gasteiger partial charge in [-0.15, -0.1) is 0 Å². The van der Waals surface area contributed by atoms with Crippen molar-refractivity contribution in [2.75, 3.05) is 13.2 Å². The number of amides is 1. The third-order valence-electron chi connectivity index (χ3n) is 3.84. The molecule has 2 rings (SSSR count). The molecule has 0 unspecified atom stereocenters. The van der Waals surface area contributed by atoms with Crippen LogP contribution in [0.5, 0.6) is 5.75 Å². The molecule has 0 aromatic heterocycles. The van der Waals surface area contributed by atoms with Crippen LogP contribution in [0, 0.1) is 0 Å². The molecule has 0 radical (unpaired) electrons. The number of halogens is 2. The van der Waals surface area contributed by atoms with Gasteiger partial charge < -0.3 is 15.8 Å². The minimum Gasteiger partial charge on any atom is -0.492 e. The highest BCUT2D eigenvalue weighted by atomic mass is 79.9. The van der Waals surface area contributed by atoms with E-state index in [1.807, 2.05) is 0 Å². The Morgan fingerprint density at radius 3 is 2.76 bits per heavy atom. The minimum absolute atomic E-state index is 0.00700. The SMILES string of the molecule is NCC1(NC(=O)CCOc2ccc(Cl)cc2Br)CCCC1. The number of hydrogen-bond donors (Lipinski definition) is 2. The Hall–Kier alpha value is -0.780. The van der Waals surface area contributed by atoms with Gasteiger partial charge >= 0.3 is 0 Å². The number of nitrogens with two attached hydrogens (primary N) is 1. The maximum Gasteiger partial charge on any atom is 0.223 e. The summed E-state index contributed by atoms with van der Waals surface area (Å²) < 4.78 is 6.38. The monoisotopic (exact) mass is 374 g/mol. The van der Waals surface area contributed by atoms with Crippen LogP contribution in [0.2, 0.25) is 5.02 Å². The van der Waals surface area contributed by atoms with Gasteiger partial charge in [0.2, 0.25) is 5.91 Å². The third-order valence-corrected chi connectivity index (χ3v) is 4.69. The van der Waals surface area contributed by atoms with Gasteiger partial charge in [0.15, 0.2) is 0 Å². The van der Waals surface area contributed by atoms with Crippen LogP contribution in [-0.2, 0) is 4.79 Å². The van der Waals surface area contributed by atoms with Crippen molar-refractivity contribution < 1.29 is 9.53 Å². The molecule has 1 aromatic rings. The first-order valence-electron chi connectivity index (χ1n) is 7.14. The highest BCUT2D eigenvalue weighted by molar-refractivity contribution is 9.10. The van der Waals surface area contributed by atoms with Gasteiger partial charge in [-0.3, -0.25) is 4.79 Å². The molecule has 0 saturated heterocycles. The number of hydrogen-bond acceptors (Lipinski definition) is 3. The molecule has 1 amide bonds. The van der Waals surface area contributed by atoms with Gasteiger partial charge in [0, 0.05) is 11.6 Å². The topological polar surface area (TPSA) is 64.3 Å². The standard InChI is InChI=1S/C15H20BrClN2O2/c16-12-9-11(17)3-4-13(12)21-8-5-14(20)19-15(10-18)6-1-2-7-15/h3-4,9H,1-2,5-8,10,18H2,(H,19,20). The molecule has 0 heterocycles. The zero-order chi connectivity index (χ0) is 15.3. The van der Waals surface area contributed by atoms with Crippen LogP contribution in [0.25, 0.3) is 0 Å². The maximum absolute atomic E-state index is 12.0. The van der Waals surface area contributed by atoms with E-state index >= 15 is 0 Å². The van der Waals surface area contributed by atoms with Crippen molar-refractivity contribution in [1.82, 2.24) is 5.32 Å². The number of carbonyl (C=O) groups is 1. The average molecular weight is 376 g/mol. The first-order chi connectivity index (χ1) is 10.0. The number of nitrogens with one attached hydrogen (secondary N) is 1. The molecule has 4 nitrogen and oxygen atoms in total. The van der Waals surface area contributed by atoms with Crippen LogP contribution < -0.4 is 15.8 Å². The Bertz CT molecular complexity index is 504. The fourth-order valence-electron chi connectivity index (χ4n) is 2.64. The van der Waals surface area contributed by atoms with E-state index in [4.69, 9.17) is 22.1 Å². The third kappa shape index (κ3) is 4.59. The van der Waals surface area contributed by atoms with E-state index < -0.39 is 0 Å². The van der Waals surface area contributed by atoms with Crippen molar-refractivity contribution in [2.24, 2.45) is 5.73 Å². The zero-order valence-electron chi connectivity index (χ0n) is 11.8. The lowest BCUT2D eigenvalue weighted by molar-refractivity contribution is -0.123.